The van der Waals surface area contributed by atoms with Gasteiger partial charge in [0.25, 0.3) is 0 Å². The van der Waals surface area contributed by atoms with Gasteiger partial charge in [0.2, 0.25) is 0 Å². The van der Waals surface area contributed by atoms with Crippen molar-refractivity contribution < 1.29 is 0 Å². The average molecular weight is 865 g/mol. The van der Waals surface area contributed by atoms with E-state index in [4.69, 9.17) is 0 Å². The molecule has 2 heteroatoms. The molecule has 0 unspecified atom stereocenters. The Labute approximate surface area is 395 Å². The van der Waals surface area contributed by atoms with E-state index in [1.165, 1.54) is 98.3 Å². The molecule has 0 heterocycles. The summed E-state index contributed by atoms with van der Waals surface area (Å²) in [5, 5.41) is 14.5. The second kappa shape index (κ2) is 16.5. The highest BCUT2D eigenvalue weighted by Gasteiger charge is 2.28. The van der Waals surface area contributed by atoms with Crippen molar-refractivity contribution >= 4 is 98.8 Å². The first-order chi connectivity index (χ1) is 33.8. The number of para-hydroxylation sites is 4. The Morgan fingerprint density at radius 1 is 0.147 bits per heavy atom. The van der Waals surface area contributed by atoms with Crippen LogP contribution in [-0.4, -0.2) is 0 Å². The van der Waals surface area contributed by atoms with Crippen molar-refractivity contribution in [1.82, 2.24) is 0 Å². The van der Waals surface area contributed by atoms with Crippen molar-refractivity contribution in [2.24, 2.45) is 0 Å². The van der Waals surface area contributed by atoms with Gasteiger partial charge in [0.15, 0.2) is 0 Å². The third-order valence-electron chi connectivity index (χ3n) is 13.7. The summed E-state index contributed by atoms with van der Waals surface area (Å²) in [6, 6.07) is 97.5. The van der Waals surface area contributed by atoms with Crippen LogP contribution in [-0.2, 0) is 0 Å². The third-order valence-corrected chi connectivity index (χ3v) is 13.7. The predicted molar refractivity (Wildman–Crippen MR) is 292 cm³/mol. The van der Waals surface area contributed by atoms with Crippen LogP contribution in [0.2, 0.25) is 0 Å². The fraction of sp³-hybridized carbons (Fsp3) is 0. The van der Waals surface area contributed by atoms with E-state index in [2.05, 4.69) is 277 Å². The number of hydrogen-bond donors (Lipinski definition) is 0. The molecule has 0 aliphatic carbocycles. The topological polar surface area (TPSA) is 6.48 Å². The highest BCUT2D eigenvalue weighted by Crippen LogP contribution is 2.55. The zero-order chi connectivity index (χ0) is 45.0. The summed E-state index contributed by atoms with van der Waals surface area (Å²) in [5.41, 5.74) is 11.8. The van der Waals surface area contributed by atoms with Gasteiger partial charge in [0.1, 0.15) is 0 Å². The van der Waals surface area contributed by atoms with Crippen LogP contribution in [0, 0.1) is 0 Å². The predicted octanol–water partition coefficient (Wildman–Crippen LogP) is 18.9. The molecule has 0 aliphatic heterocycles. The number of hydrogen-bond acceptors (Lipinski definition) is 2. The standard InChI is InChI=1S/C66H44N2/c1-5-25-45(26-6-1)67(46-27-7-2-8-28-46)65-57-41-21-17-37-53(57)63(54-38-18-22-42-58(54)65)61-49-33-13-15-35-51(49)62(52-36-16-14-34-50(52)61)64-55-39-19-23-43-59(55)66(60-44-24-20-40-56(60)64)68(47-29-9-3-10-30-47)48-31-11-4-12-32-48/h1-44H. The lowest BCUT2D eigenvalue weighted by molar-refractivity contribution is 1.31. The lowest BCUT2D eigenvalue weighted by atomic mass is 9.80. The van der Waals surface area contributed by atoms with E-state index in [9.17, 15) is 0 Å². The molecule has 0 aromatic heterocycles. The Morgan fingerprint density at radius 2 is 0.294 bits per heavy atom. The summed E-state index contributed by atoms with van der Waals surface area (Å²) in [4.78, 5) is 4.87. The van der Waals surface area contributed by atoms with Crippen LogP contribution in [0.25, 0.3) is 86.9 Å². The van der Waals surface area contributed by atoms with Crippen LogP contribution < -0.4 is 9.80 Å². The summed E-state index contributed by atoms with van der Waals surface area (Å²) >= 11 is 0. The van der Waals surface area contributed by atoms with Crippen molar-refractivity contribution in [1.29, 1.82) is 0 Å². The van der Waals surface area contributed by atoms with E-state index in [0.717, 1.165) is 22.7 Å². The van der Waals surface area contributed by atoms with Crippen LogP contribution in [0.5, 0.6) is 0 Å². The first-order valence-corrected chi connectivity index (χ1v) is 23.4. The van der Waals surface area contributed by atoms with E-state index in [0.29, 0.717) is 0 Å². The summed E-state index contributed by atoms with van der Waals surface area (Å²) < 4.78 is 0. The van der Waals surface area contributed by atoms with E-state index in [1.807, 2.05) is 0 Å². The number of nitrogens with zero attached hydrogens (tertiary/aromatic N) is 2. The summed E-state index contributed by atoms with van der Waals surface area (Å²) in [6.45, 7) is 0. The van der Waals surface area contributed by atoms with Crippen molar-refractivity contribution in [3.63, 3.8) is 0 Å². The Hall–Kier alpha value is -8.98. The molecule has 0 atom stereocenters. The van der Waals surface area contributed by atoms with Gasteiger partial charge < -0.3 is 9.80 Å². The van der Waals surface area contributed by atoms with Crippen molar-refractivity contribution in [2.75, 3.05) is 9.80 Å². The smallest absolute Gasteiger partial charge is 0.0618 e. The van der Waals surface area contributed by atoms with Gasteiger partial charge in [-0.25, -0.2) is 0 Å². The Morgan fingerprint density at radius 3 is 0.485 bits per heavy atom. The van der Waals surface area contributed by atoms with Gasteiger partial charge in [0.05, 0.1) is 11.4 Å². The molecule has 0 spiro atoms. The molecule has 0 saturated carbocycles. The lowest BCUT2D eigenvalue weighted by Gasteiger charge is -2.30. The molecule has 2 nitrogen and oxygen atoms in total. The van der Waals surface area contributed by atoms with Crippen LogP contribution >= 0.6 is 0 Å². The Balaban J connectivity index is 1.15. The van der Waals surface area contributed by atoms with Gasteiger partial charge in [-0.3, -0.25) is 0 Å². The molecular weight excluding hydrogens is 821 g/mol. The number of benzene rings is 13. The molecule has 0 radical (unpaired) electrons. The average Bonchev–Trinajstić information content (AvgIpc) is 3.42. The van der Waals surface area contributed by atoms with Gasteiger partial charge >= 0.3 is 0 Å². The SMILES string of the molecule is c1ccc(N(c2ccccc2)c2c3ccccc3c(-c3c4ccccc4c(-c4c5ccccc5c(N(c5ccccc5)c5ccccc5)c5ccccc45)c4ccccc34)c3ccccc23)cc1. The minimum Gasteiger partial charge on any atom is -0.309 e. The minimum absolute atomic E-state index is 1.11. The molecule has 0 aliphatic rings. The van der Waals surface area contributed by atoms with Gasteiger partial charge in [-0.15, -0.1) is 0 Å². The highest BCUT2D eigenvalue weighted by atomic mass is 15.2. The van der Waals surface area contributed by atoms with Crippen LogP contribution in [0.1, 0.15) is 0 Å². The monoisotopic (exact) mass is 864 g/mol. The van der Waals surface area contributed by atoms with Crippen molar-refractivity contribution in [3.8, 4) is 22.3 Å². The quantitative estimate of drug-likeness (QED) is 0.140. The summed E-state index contributed by atoms with van der Waals surface area (Å²) in [7, 11) is 0. The van der Waals surface area contributed by atoms with Gasteiger partial charge in [-0.2, -0.15) is 0 Å². The first-order valence-electron chi connectivity index (χ1n) is 23.4. The van der Waals surface area contributed by atoms with E-state index < -0.39 is 0 Å². The molecule has 68 heavy (non-hydrogen) atoms. The maximum absolute atomic E-state index is 2.43. The van der Waals surface area contributed by atoms with Gasteiger partial charge in [-0.05, 0) is 114 Å². The minimum atomic E-state index is 1.11. The fourth-order valence-electron chi connectivity index (χ4n) is 11.0. The van der Waals surface area contributed by atoms with E-state index in [1.54, 1.807) is 0 Å². The molecule has 13 rings (SSSR count). The first kappa shape index (κ1) is 39.4. The maximum atomic E-state index is 2.43. The Kier molecular flexibility index (Phi) is 9.54. The van der Waals surface area contributed by atoms with Crippen molar-refractivity contribution in [3.05, 3.63) is 267 Å². The third kappa shape index (κ3) is 6.26. The molecule has 0 fully saturated rings. The molecule has 13 aromatic carbocycles. The Bertz CT molecular complexity index is 3500. The zero-order valence-electron chi connectivity index (χ0n) is 37.3. The normalized spacial score (nSPS) is 11.5. The zero-order valence-corrected chi connectivity index (χ0v) is 37.3. The van der Waals surface area contributed by atoms with Crippen molar-refractivity contribution in [2.45, 2.75) is 0 Å². The second-order valence-corrected chi connectivity index (χ2v) is 17.5. The molecule has 0 amide bonds. The summed E-state index contributed by atoms with van der Waals surface area (Å²) in [5.74, 6) is 0. The highest BCUT2D eigenvalue weighted by molar-refractivity contribution is 6.33. The molecule has 0 saturated heterocycles. The molecule has 0 bridgehead atoms. The number of fused-ring (bicyclic) bond motifs is 6. The molecule has 13 aromatic rings. The van der Waals surface area contributed by atoms with E-state index in [-0.39, 0.29) is 0 Å². The molecule has 0 N–H and O–H groups in total. The number of rotatable bonds is 8. The van der Waals surface area contributed by atoms with Gasteiger partial charge in [-0.1, -0.05) is 218 Å². The van der Waals surface area contributed by atoms with Gasteiger partial charge in [0, 0.05) is 44.3 Å². The van der Waals surface area contributed by atoms with Crippen LogP contribution in [0.4, 0.5) is 34.1 Å². The summed E-state index contributed by atoms with van der Waals surface area (Å²) in [6.07, 6.45) is 0. The second-order valence-electron chi connectivity index (χ2n) is 17.5. The maximum Gasteiger partial charge on any atom is 0.0618 e. The van der Waals surface area contributed by atoms with Crippen LogP contribution in [0.3, 0.4) is 0 Å². The number of anilines is 6. The fourth-order valence-corrected chi connectivity index (χ4v) is 11.0. The van der Waals surface area contributed by atoms with E-state index >= 15 is 0 Å². The molecule has 318 valence electrons. The lowest BCUT2D eigenvalue weighted by Crippen LogP contribution is -2.11. The molecular formula is C66H44N2. The largest absolute Gasteiger partial charge is 0.309 e. The van der Waals surface area contributed by atoms with Crippen LogP contribution in [0.15, 0.2) is 267 Å².